The minimum Gasteiger partial charge on any atom is -0.329 e. The molecule has 0 aliphatic heterocycles. The third-order valence-corrected chi connectivity index (χ3v) is 3.29. The first-order valence-electron chi connectivity index (χ1n) is 7.38. The van der Waals surface area contributed by atoms with E-state index in [9.17, 15) is 4.79 Å². The molecule has 5 nitrogen and oxygen atoms in total. The smallest absolute Gasteiger partial charge is 0.294 e. The maximum Gasteiger partial charge on any atom is 0.294 e. The molecule has 1 amide bonds. The van der Waals surface area contributed by atoms with Crippen LogP contribution in [0, 0.1) is 0 Å². The molecule has 0 saturated carbocycles. The molecule has 1 N–H and O–H groups in total. The molecule has 0 atom stereocenters. The van der Waals surface area contributed by atoms with Gasteiger partial charge in [0, 0.05) is 19.0 Å². The Kier molecular flexibility index (Phi) is 5.09. The van der Waals surface area contributed by atoms with Crippen LogP contribution in [-0.4, -0.2) is 32.0 Å². The van der Waals surface area contributed by atoms with Crippen molar-refractivity contribution in [3.63, 3.8) is 0 Å². The molecule has 0 bridgehead atoms. The number of hydrogen-bond acceptors (Lipinski definition) is 3. The van der Waals surface area contributed by atoms with Crippen molar-refractivity contribution in [2.45, 2.75) is 46.2 Å². The van der Waals surface area contributed by atoms with E-state index in [2.05, 4.69) is 22.1 Å². The van der Waals surface area contributed by atoms with Crippen LogP contribution in [0.1, 0.15) is 49.2 Å². The lowest BCUT2D eigenvalue weighted by molar-refractivity contribution is 0.0678. The number of rotatable bonds is 6. The molecule has 2 aromatic rings. The van der Waals surface area contributed by atoms with Crippen LogP contribution in [0.3, 0.4) is 0 Å². The number of carbonyl (C=O) groups is 1. The first-order valence-corrected chi connectivity index (χ1v) is 7.38. The molecular weight excluding hydrogens is 264 g/mol. The van der Waals surface area contributed by atoms with Crippen LogP contribution in [0.15, 0.2) is 30.3 Å². The standard InChI is InChI=1S/C16H22N4O/c1-4-8-14-17-15(19-18-14)16(21)20(12(2)3)11-13-9-6-5-7-10-13/h5-7,9-10,12H,4,8,11H2,1-3H3,(H,17,18,19). The molecule has 1 heterocycles. The summed E-state index contributed by atoms with van der Waals surface area (Å²) in [5.74, 6) is 0.889. The van der Waals surface area contributed by atoms with Crippen molar-refractivity contribution in [3.8, 4) is 0 Å². The molecule has 21 heavy (non-hydrogen) atoms. The third-order valence-electron chi connectivity index (χ3n) is 3.29. The first kappa shape index (κ1) is 15.2. The van der Waals surface area contributed by atoms with Crippen molar-refractivity contribution in [3.05, 3.63) is 47.5 Å². The Balaban J connectivity index is 2.15. The molecule has 0 fully saturated rings. The normalized spacial score (nSPS) is 10.9. The van der Waals surface area contributed by atoms with Crippen LogP contribution in [-0.2, 0) is 13.0 Å². The number of benzene rings is 1. The van der Waals surface area contributed by atoms with Crippen LogP contribution in [0.2, 0.25) is 0 Å². The zero-order chi connectivity index (χ0) is 15.2. The van der Waals surface area contributed by atoms with Gasteiger partial charge in [0.05, 0.1) is 0 Å². The fraction of sp³-hybridized carbons (Fsp3) is 0.438. The predicted octanol–water partition coefficient (Wildman–Crippen LogP) is 2.81. The number of aryl methyl sites for hydroxylation is 1. The summed E-state index contributed by atoms with van der Waals surface area (Å²) in [5, 5.41) is 6.89. The van der Waals surface area contributed by atoms with Crippen LogP contribution >= 0.6 is 0 Å². The minimum absolute atomic E-state index is 0.0887. The van der Waals surface area contributed by atoms with Crippen molar-refractivity contribution in [1.29, 1.82) is 0 Å². The molecule has 0 aliphatic rings. The molecule has 112 valence electrons. The van der Waals surface area contributed by atoms with Crippen LogP contribution in [0.5, 0.6) is 0 Å². The van der Waals surface area contributed by atoms with E-state index in [4.69, 9.17) is 0 Å². The van der Waals surface area contributed by atoms with Gasteiger partial charge in [-0.2, -0.15) is 0 Å². The highest BCUT2D eigenvalue weighted by atomic mass is 16.2. The van der Waals surface area contributed by atoms with Crippen molar-refractivity contribution in [2.24, 2.45) is 0 Å². The highest BCUT2D eigenvalue weighted by Gasteiger charge is 2.22. The van der Waals surface area contributed by atoms with Gasteiger partial charge in [-0.1, -0.05) is 37.3 Å². The topological polar surface area (TPSA) is 61.9 Å². The number of nitrogens with zero attached hydrogens (tertiary/aromatic N) is 3. The maximum absolute atomic E-state index is 12.6. The van der Waals surface area contributed by atoms with Crippen molar-refractivity contribution in [2.75, 3.05) is 0 Å². The number of aromatic amines is 1. The number of hydrogen-bond donors (Lipinski definition) is 1. The summed E-state index contributed by atoms with van der Waals surface area (Å²) >= 11 is 0. The van der Waals surface area contributed by atoms with Crippen molar-refractivity contribution < 1.29 is 4.79 Å². The molecule has 0 spiro atoms. The summed E-state index contributed by atoms with van der Waals surface area (Å²) in [6.45, 7) is 6.63. The zero-order valence-electron chi connectivity index (χ0n) is 12.8. The predicted molar refractivity (Wildman–Crippen MR) is 81.8 cm³/mol. The molecule has 1 aromatic carbocycles. The molecular formula is C16H22N4O. The third kappa shape index (κ3) is 3.90. The van der Waals surface area contributed by atoms with E-state index >= 15 is 0 Å². The summed E-state index contributed by atoms with van der Waals surface area (Å²) in [6.07, 6.45) is 1.78. The number of carbonyl (C=O) groups excluding carboxylic acids is 1. The van der Waals surface area contributed by atoms with Gasteiger partial charge in [0.1, 0.15) is 5.82 Å². The van der Waals surface area contributed by atoms with E-state index in [-0.39, 0.29) is 17.8 Å². The average molecular weight is 286 g/mol. The highest BCUT2D eigenvalue weighted by molar-refractivity contribution is 5.90. The molecule has 0 radical (unpaired) electrons. The van der Waals surface area contributed by atoms with Crippen molar-refractivity contribution in [1.82, 2.24) is 20.1 Å². The lowest BCUT2D eigenvalue weighted by Gasteiger charge is -2.25. The van der Waals surface area contributed by atoms with Gasteiger partial charge >= 0.3 is 0 Å². The fourth-order valence-electron chi connectivity index (χ4n) is 2.14. The zero-order valence-corrected chi connectivity index (χ0v) is 12.8. The van der Waals surface area contributed by atoms with Gasteiger partial charge in [-0.3, -0.25) is 9.89 Å². The van der Waals surface area contributed by atoms with Crippen LogP contribution < -0.4 is 0 Å². The Bertz CT molecular complexity index is 577. The van der Waals surface area contributed by atoms with E-state index in [1.54, 1.807) is 4.90 Å². The second kappa shape index (κ2) is 7.02. The van der Waals surface area contributed by atoms with Crippen LogP contribution in [0.25, 0.3) is 0 Å². The van der Waals surface area contributed by atoms with Gasteiger partial charge in [-0.15, -0.1) is 5.10 Å². The highest BCUT2D eigenvalue weighted by Crippen LogP contribution is 2.11. The van der Waals surface area contributed by atoms with Gasteiger partial charge in [0.25, 0.3) is 5.91 Å². The Labute approximate surface area is 125 Å². The van der Waals surface area contributed by atoms with E-state index in [1.165, 1.54) is 0 Å². The summed E-state index contributed by atoms with van der Waals surface area (Å²) in [6, 6.07) is 10.0. The SMILES string of the molecule is CCCc1nc(C(=O)N(Cc2ccccc2)C(C)C)n[nH]1. The van der Waals surface area contributed by atoms with E-state index < -0.39 is 0 Å². The Morgan fingerprint density at radius 1 is 1.29 bits per heavy atom. The Morgan fingerprint density at radius 3 is 2.62 bits per heavy atom. The van der Waals surface area contributed by atoms with Crippen molar-refractivity contribution >= 4 is 5.91 Å². The van der Waals surface area contributed by atoms with Gasteiger partial charge in [0.2, 0.25) is 5.82 Å². The monoisotopic (exact) mass is 286 g/mol. The number of amides is 1. The molecule has 5 heteroatoms. The van der Waals surface area contributed by atoms with Gasteiger partial charge in [0.15, 0.2) is 0 Å². The fourth-order valence-corrected chi connectivity index (χ4v) is 2.14. The molecule has 0 unspecified atom stereocenters. The van der Waals surface area contributed by atoms with Gasteiger partial charge in [-0.05, 0) is 25.8 Å². The largest absolute Gasteiger partial charge is 0.329 e. The maximum atomic E-state index is 12.6. The second-order valence-corrected chi connectivity index (χ2v) is 5.37. The Hall–Kier alpha value is -2.17. The second-order valence-electron chi connectivity index (χ2n) is 5.37. The van der Waals surface area contributed by atoms with Crippen LogP contribution in [0.4, 0.5) is 0 Å². The summed E-state index contributed by atoms with van der Waals surface area (Å²) in [4.78, 5) is 18.7. The number of H-pyrrole nitrogens is 1. The van der Waals surface area contributed by atoms with E-state index in [0.717, 1.165) is 24.2 Å². The molecule has 0 aliphatic carbocycles. The first-order chi connectivity index (χ1) is 10.1. The molecule has 1 aromatic heterocycles. The molecule has 2 rings (SSSR count). The Morgan fingerprint density at radius 2 is 2.00 bits per heavy atom. The average Bonchev–Trinajstić information content (AvgIpc) is 2.94. The lowest BCUT2D eigenvalue weighted by atomic mass is 10.2. The summed E-state index contributed by atoms with van der Waals surface area (Å²) < 4.78 is 0. The van der Waals surface area contributed by atoms with Gasteiger partial charge in [-0.25, -0.2) is 4.98 Å². The summed E-state index contributed by atoms with van der Waals surface area (Å²) in [7, 11) is 0. The lowest BCUT2D eigenvalue weighted by Crippen LogP contribution is -2.37. The quantitative estimate of drug-likeness (QED) is 0.888. The van der Waals surface area contributed by atoms with E-state index in [1.807, 2.05) is 44.2 Å². The minimum atomic E-state index is -0.132. The van der Waals surface area contributed by atoms with E-state index in [0.29, 0.717) is 6.54 Å². The molecule has 0 saturated heterocycles. The number of aromatic nitrogens is 3. The number of nitrogens with one attached hydrogen (secondary N) is 1. The van der Waals surface area contributed by atoms with Gasteiger partial charge < -0.3 is 4.90 Å². The summed E-state index contributed by atoms with van der Waals surface area (Å²) in [5.41, 5.74) is 1.10.